The highest BCUT2D eigenvalue weighted by Crippen LogP contribution is 2.24. The third-order valence-electron chi connectivity index (χ3n) is 2.45. The van der Waals surface area contributed by atoms with Crippen LogP contribution >= 0.6 is 0 Å². The summed E-state index contributed by atoms with van der Waals surface area (Å²) in [6, 6.07) is 11.9. The minimum Gasteiger partial charge on any atom is -0.455 e. The predicted octanol–water partition coefficient (Wildman–Crippen LogP) is 2.90. The maximum Gasteiger partial charge on any atom is 0.145 e. The molecule has 17 heavy (non-hydrogen) atoms. The summed E-state index contributed by atoms with van der Waals surface area (Å²) in [5.41, 5.74) is 2.12. The molecule has 0 aliphatic heterocycles. The summed E-state index contributed by atoms with van der Waals surface area (Å²) >= 11 is 0. The number of hydrogen-bond donors (Lipinski definition) is 1. The molecular weight excluding hydrogens is 212 g/mol. The molecule has 0 amide bonds. The first-order valence-electron chi connectivity index (χ1n) is 5.62. The van der Waals surface area contributed by atoms with Crippen molar-refractivity contribution in [1.29, 1.82) is 0 Å². The lowest BCUT2D eigenvalue weighted by Gasteiger charge is -2.10. The number of aromatic nitrogens is 1. The molecule has 0 fully saturated rings. The summed E-state index contributed by atoms with van der Waals surface area (Å²) in [5, 5.41) is 3.12. The molecule has 0 bridgehead atoms. The summed E-state index contributed by atoms with van der Waals surface area (Å²) in [7, 11) is 1.92. The highest BCUT2D eigenvalue weighted by Gasteiger charge is 2.03. The van der Waals surface area contributed by atoms with E-state index >= 15 is 0 Å². The van der Waals surface area contributed by atoms with Gasteiger partial charge in [0.05, 0.1) is 6.20 Å². The Morgan fingerprint density at radius 3 is 2.71 bits per heavy atom. The first kappa shape index (κ1) is 11.6. The molecule has 1 heterocycles. The lowest BCUT2D eigenvalue weighted by Crippen LogP contribution is -2.06. The number of hydrogen-bond acceptors (Lipinski definition) is 3. The molecule has 88 valence electrons. The Balaban J connectivity index is 2.20. The van der Waals surface area contributed by atoms with Crippen LogP contribution < -0.4 is 10.1 Å². The van der Waals surface area contributed by atoms with Gasteiger partial charge in [0, 0.05) is 17.8 Å². The molecule has 0 spiro atoms. The van der Waals surface area contributed by atoms with E-state index in [0.717, 1.165) is 29.3 Å². The second-order valence-corrected chi connectivity index (χ2v) is 3.88. The second kappa shape index (κ2) is 5.46. The van der Waals surface area contributed by atoms with Gasteiger partial charge in [-0.3, -0.25) is 4.98 Å². The van der Waals surface area contributed by atoms with Gasteiger partial charge in [0.15, 0.2) is 0 Å². The van der Waals surface area contributed by atoms with Crippen LogP contribution in [0.25, 0.3) is 0 Å². The van der Waals surface area contributed by atoms with Crippen molar-refractivity contribution in [3.05, 3.63) is 53.9 Å². The molecule has 0 saturated carbocycles. The van der Waals surface area contributed by atoms with Crippen molar-refractivity contribution in [2.75, 3.05) is 7.05 Å². The van der Waals surface area contributed by atoms with Gasteiger partial charge in [-0.1, -0.05) is 18.2 Å². The summed E-state index contributed by atoms with van der Waals surface area (Å²) in [4.78, 5) is 4.21. The SMILES string of the molecule is CNCc1ccccc1Oc1ccc(C)nc1. The average Bonchev–Trinajstić information content (AvgIpc) is 2.35. The van der Waals surface area contributed by atoms with Crippen molar-refractivity contribution in [2.24, 2.45) is 0 Å². The molecular formula is C14H16N2O. The second-order valence-electron chi connectivity index (χ2n) is 3.88. The molecule has 2 aromatic rings. The fourth-order valence-electron chi connectivity index (χ4n) is 1.58. The van der Waals surface area contributed by atoms with Gasteiger partial charge in [-0.15, -0.1) is 0 Å². The van der Waals surface area contributed by atoms with Gasteiger partial charge in [-0.05, 0) is 32.2 Å². The van der Waals surface area contributed by atoms with Crippen molar-refractivity contribution >= 4 is 0 Å². The molecule has 0 saturated heterocycles. The lowest BCUT2D eigenvalue weighted by molar-refractivity contribution is 0.472. The minimum atomic E-state index is 0.763. The van der Waals surface area contributed by atoms with Gasteiger partial charge >= 0.3 is 0 Å². The van der Waals surface area contributed by atoms with Gasteiger partial charge in [0.1, 0.15) is 11.5 Å². The highest BCUT2D eigenvalue weighted by atomic mass is 16.5. The number of benzene rings is 1. The Morgan fingerprint density at radius 1 is 1.18 bits per heavy atom. The monoisotopic (exact) mass is 228 g/mol. The average molecular weight is 228 g/mol. The summed E-state index contributed by atoms with van der Waals surface area (Å²) in [6.07, 6.45) is 1.74. The van der Waals surface area contributed by atoms with Gasteiger partial charge in [0.2, 0.25) is 0 Å². The number of pyridine rings is 1. The maximum atomic E-state index is 5.81. The van der Waals surface area contributed by atoms with E-state index in [9.17, 15) is 0 Å². The number of nitrogens with one attached hydrogen (secondary N) is 1. The van der Waals surface area contributed by atoms with Crippen molar-refractivity contribution in [1.82, 2.24) is 10.3 Å². The summed E-state index contributed by atoms with van der Waals surface area (Å²) in [5.74, 6) is 1.63. The van der Waals surface area contributed by atoms with E-state index in [1.54, 1.807) is 6.20 Å². The van der Waals surface area contributed by atoms with Crippen molar-refractivity contribution in [3.8, 4) is 11.5 Å². The number of aryl methyl sites for hydroxylation is 1. The Hall–Kier alpha value is -1.87. The Labute approximate surface area is 101 Å². The van der Waals surface area contributed by atoms with Crippen LogP contribution in [0.1, 0.15) is 11.3 Å². The first-order chi connectivity index (χ1) is 8.29. The smallest absolute Gasteiger partial charge is 0.145 e. The van der Waals surface area contributed by atoms with Gasteiger partial charge < -0.3 is 10.1 Å². The van der Waals surface area contributed by atoms with Crippen LogP contribution in [0.5, 0.6) is 11.5 Å². The zero-order valence-electron chi connectivity index (χ0n) is 10.1. The standard InChI is InChI=1S/C14H16N2O/c1-11-7-8-13(10-16-11)17-14-6-4-3-5-12(14)9-15-2/h3-8,10,15H,9H2,1-2H3. The highest BCUT2D eigenvalue weighted by molar-refractivity contribution is 5.37. The summed E-state index contributed by atoms with van der Waals surface area (Å²) < 4.78 is 5.81. The van der Waals surface area contributed by atoms with Crippen LogP contribution in [-0.4, -0.2) is 12.0 Å². The Bertz CT molecular complexity index is 480. The van der Waals surface area contributed by atoms with E-state index in [2.05, 4.69) is 10.3 Å². The third-order valence-corrected chi connectivity index (χ3v) is 2.45. The van der Waals surface area contributed by atoms with Crippen LogP contribution in [0.4, 0.5) is 0 Å². The van der Waals surface area contributed by atoms with E-state index in [-0.39, 0.29) is 0 Å². The molecule has 0 aliphatic rings. The molecule has 2 rings (SSSR count). The maximum absolute atomic E-state index is 5.81. The van der Waals surface area contributed by atoms with Crippen molar-refractivity contribution in [3.63, 3.8) is 0 Å². The van der Waals surface area contributed by atoms with Crippen LogP contribution in [0, 0.1) is 6.92 Å². The zero-order valence-corrected chi connectivity index (χ0v) is 10.1. The van der Waals surface area contributed by atoms with E-state index in [4.69, 9.17) is 4.74 Å². The molecule has 0 radical (unpaired) electrons. The first-order valence-corrected chi connectivity index (χ1v) is 5.62. The van der Waals surface area contributed by atoms with E-state index in [1.807, 2.05) is 50.4 Å². The molecule has 3 nitrogen and oxygen atoms in total. The molecule has 1 N–H and O–H groups in total. The van der Waals surface area contributed by atoms with Crippen LogP contribution in [0.2, 0.25) is 0 Å². The fraction of sp³-hybridized carbons (Fsp3) is 0.214. The summed E-state index contributed by atoms with van der Waals surface area (Å²) in [6.45, 7) is 2.74. The number of nitrogens with zero attached hydrogens (tertiary/aromatic N) is 1. The zero-order chi connectivity index (χ0) is 12.1. The van der Waals surface area contributed by atoms with E-state index in [0.29, 0.717) is 0 Å². The topological polar surface area (TPSA) is 34.1 Å². The molecule has 1 aromatic heterocycles. The quantitative estimate of drug-likeness (QED) is 0.873. The number of ether oxygens (including phenoxy) is 1. The molecule has 0 unspecified atom stereocenters. The largest absolute Gasteiger partial charge is 0.455 e. The molecule has 3 heteroatoms. The van der Waals surface area contributed by atoms with Crippen molar-refractivity contribution < 1.29 is 4.74 Å². The van der Waals surface area contributed by atoms with Gasteiger partial charge in [-0.2, -0.15) is 0 Å². The van der Waals surface area contributed by atoms with Gasteiger partial charge in [-0.25, -0.2) is 0 Å². The van der Waals surface area contributed by atoms with E-state index < -0.39 is 0 Å². The van der Waals surface area contributed by atoms with Crippen molar-refractivity contribution in [2.45, 2.75) is 13.5 Å². The number of rotatable bonds is 4. The Morgan fingerprint density at radius 2 is 2.00 bits per heavy atom. The third kappa shape index (κ3) is 3.04. The molecule has 0 atom stereocenters. The van der Waals surface area contributed by atoms with E-state index in [1.165, 1.54) is 0 Å². The Kier molecular flexibility index (Phi) is 3.73. The molecule has 0 aliphatic carbocycles. The van der Waals surface area contributed by atoms with Crippen LogP contribution in [0.3, 0.4) is 0 Å². The van der Waals surface area contributed by atoms with Crippen LogP contribution in [0.15, 0.2) is 42.6 Å². The minimum absolute atomic E-state index is 0.763. The van der Waals surface area contributed by atoms with Crippen LogP contribution in [-0.2, 0) is 6.54 Å². The normalized spacial score (nSPS) is 10.2. The fourth-order valence-corrected chi connectivity index (χ4v) is 1.58. The number of para-hydroxylation sites is 1. The predicted molar refractivity (Wildman–Crippen MR) is 68.3 cm³/mol. The lowest BCUT2D eigenvalue weighted by atomic mass is 10.2. The van der Waals surface area contributed by atoms with Gasteiger partial charge in [0.25, 0.3) is 0 Å². The molecule has 1 aromatic carbocycles.